The van der Waals surface area contributed by atoms with Gasteiger partial charge < -0.3 is 14.2 Å². The van der Waals surface area contributed by atoms with Crippen LogP contribution in [0.15, 0.2) is 35.5 Å². The molecule has 3 heterocycles. The third kappa shape index (κ3) is 3.02. The smallest absolute Gasteiger partial charge is 0.272 e. The molecule has 2 aliphatic heterocycles. The summed E-state index contributed by atoms with van der Waals surface area (Å²) in [4.78, 5) is 0. The van der Waals surface area contributed by atoms with Crippen LogP contribution in [-0.2, 0) is 24.0 Å². The third-order valence-corrected chi connectivity index (χ3v) is 6.06. The van der Waals surface area contributed by atoms with Crippen LogP contribution in [0.1, 0.15) is 20.8 Å². The van der Waals surface area contributed by atoms with E-state index in [1.165, 1.54) is 4.68 Å². The highest BCUT2D eigenvalue weighted by atomic mass is 32.2. The molecule has 26 heavy (non-hydrogen) atoms. The molecule has 2 fully saturated rings. The molecule has 0 radical (unpaired) electrons. The minimum Gasteiger partial charge on any atom is -0.369 e. The zero-order chi connectivity index (χ0) is 18.5. The van der Waals surface area contributed by atoms with Gasteiger partial charge in [0.1, 0.15) is 18.3 Å². The Balaban J connectivity index is 1.61. The summed E-state index contributed by atoms with van der Waals surface area (Å²) in [7, 11) is -3.81. The van der Waals surface area contributed by atoms with Gasteiger partial charge in [-0.2, -0.15) is 4.68 Å². The highest BCUT2D eigenvalue weighted by molar-refractivity contribution is 7.91. The molecule has 2 saturated heterocycles. The van der Waals surface area contributed by atoms with Crippen LogP contribution in [0.2, 0.25) is 0 Å². The van der Waals surface area contributed by atoms with Crippen molar-refractivity contribution >= 4 is 9.84 Å². The number of para-hydroxylation sites is 1. The van der Waals surface area contributed by atoms with Gasteiger partial charge in [-0.25, -0.2) is 8.42 Å². The SMILES string of the molecule is C[C@@H]1O[C@H](CS(=O)(=O)c2nnnn2-c2ccccc2)[C@H]2OC(C)(C)O[C@H]21. The monoisotopic (exact) mass is 380 g/mol. The van der Waals surface area contributed by atoms with E-state index in [9.17, 15) is 8.42 Å². The van der Waals surface area contributed by atoms with E-state index in [1.807, 2.05) is 13.0 Å². The summed E-state index contributed by atoms with van der Waals surface area (Å²) in [5, 5.41) is 10.8. The van der Waals surface area contributed by atoms with E-state index < -0.39 is 27.8 Å². The Kier molecular flexibility index (Phi) is 4.10. The zero-order valence-electron chi connectivity index (χ0n) is 14.6. The number of benzene rings is 1. The maximum absolute atomic E-state index is 13.0. The second-order valence-corrected chi connectivity index (χ2v) is 8.86. The van der Waals surface area contributed by atoms with Crippen molar-refractivity contribution in [3.63, 3.8) is 0 Å². The van der Waals surface area contributed by atoms with Gasteiger partial charge >= 0.3 is 0 Å². The molecule has 0 spiro atoms. The van der Waals surface area contributed by atoms with Crippen molar-refractivity contribution in [3.8, 4) is 5.69 Å². The Morgan fingerprint density at radius 1 is 1.15 bits per heavy atom. The third-order valence-electron chi connectivity index (χ3n) is 4.49. The standard InChI is InChI=1S/C16H20N4O5S/c1-10-13-14(25-16(2,3)24-13)12(23-10)9-26(21,22)15-17-18-19-20(15)11-7-5-4-6-8-11/h4-8,10,12-14H,9H2,1-3H3/t10-,12+,13-,14+/m0/s1. The van der Waals surface area contributed by atoms with Gasteiger partial charge in [0.05, 0.1) is 17.5 Å². The minimum atomic E-state index is -3.81. The van der Waals surface area contributed by atoms with Crippen molar-refractivity contribution < 1.29 is 22.6 Å². The Bertz CT molecular complexity index is 898. The molecule has 0 amide bonds. The predicted molar refractivity (Wildman–Crippen MR) is 89.4 cm³/mol. The van der Waals surface area contributed by atoms with E-state index in [4.69, 9.17) is 14.2 Å². The second kappa shape index (κ2) is 6.08. The van der Waals surface area contributed by atoms with E-state index in [0.717, 1.165) is 0 Å². The Hall–Kier alpha value is -1.88. The first-order chi connectivity index (χ1) is 12.3. The molecule has 2 aromatic rings. The first kappa shape index (κ1) is 17.5. The second-order valence-electron chi connectivity index (χ2n) is 6.93. The van der Waals surface area contributed by atoms with Gasteiger partial charge in [-0.3, -0.25) is 0 Å². The summed E-state index contributed by atoms with van der Waals surface area (Å²) in [6.07, 6.45) is -1.65. The molecular weight excluding hydrogens is 360 g/mol. The lowest BCUT2D eigenvalue weighted by Gasteiger charge is -2.22. The van der Waals surface area contributed by atoms with E-state index >= 15 is 0 Å². The van der Waals surface area contributed by atoms with Gasteiger partial charge in [-0.15, -0.1) is 0 Å². The average molecular weight is 380 g/mol. The van der Waals surface area contributed by atoms with Crippen molar-refractivity contribution in [1.82, 2.24) is 20.2 Å². The van der Waals surface area contributed by atoms with Crippen LogP contribution in [0, 0.1) is 0 Å². The van der Waals surface area contributed by atoms with Gasteiger partial charge in [0.25, 0.3) is 5.16 Å². The number of tetrazole rings is 1. The van der Waals surface area contributed by atoms with Crippen molar-refractivity contribution in [3.05, 3.63) is 30.3 Å². The quantitative estimate of drug-likeness (QED) is 0.765. The largest absolute Gasteiger partial charge is 0.369 e. The fourth-order valence-corrected chi connectivity index (χ4v) is 4.84. The number of nitrogens with zero attached hydrogens (tertiary/aromatic N) is 4. The van der Waals surface area contributed by atoms with Gasteiger partial charge in [-0.1, -0.05) is 23.3 Å². The maximum Gasteiger partial charge on any atom is 0.272 e. The topological polar surface area (TPSA) is 105 Å². The number of aromatic nitrogens is 4. The van der Waals surface area contributed by atoms with Crippen LogP contribution in [0.4, 0.5) is 0 Å². The first-order valence-corrected chi connectivity index (χ1v) is 10.00. The first-order valence-electron chi connectivity index (χ1n) is 8.34. The molecule has 9 nitrogen and oxygen atoms in total. The molecule has 0 bridgehead atoms. The lowest BCUT2D eigenvalue weighted by atomic mass is 10.1. The van der Waals surface area contributed by atoms with Crippen LogP contribution in [0.25, 0.3) is 5.69 Å². The highest BCUT2D eigenvalue weighted by Gasteiger charge is 2.54. The van der Waals surface area contributed by atoms with Crippen molar-refractivity contribution in [1.29, 1.82) is 0 Å². The molecule has 1 aromatic heterocycles. The average Bonchev–Trinajstić information content (AvgIpc) is 3.25. The molecule has 0 N–H and O–H groups in total. The Labute approximate surface area is 151 Å². The van der Waals surface area contributed by atoms with Crippen molar-refractivity contribution in [2.75, 3.05) is 5.75 Å². The van der Waals surface area contributed by atoms with Crippen molar-refractivity contribution in [2.24, 2.45) is 0 Å². The van der Waals surface area contributed by atoms with Gasteiger partial charge in [0, 0.05) is 0 Å². The van der Waals surface area contributed by atoms with Crippen LogP contribution < -0.4 is 0 Å². The summed E-state index contributed by atoms with van der Waals surface area (Å²) in [6.45, 7) is 5.46. The summed E-state index contributed by atoms with van der Waals surface area (Å²) in [5.41, 5.74) is 0.566. The number of fused-ring (bicyclic) bond motifs is 1. The Morgan fingerprint density at radius 2 is 1.85 bits per heavy atom. The molecule has 4 atom stereocenters. The van der Waals surface area contributed by atoms with Crippen molar-refractivity contribution in [2.45, 2.75) is 56.1 Å². The minimum absolute atomic E-state index is 0.221. The van der Waals surface area contributed by atoms with Crippen LogP contribution in [-0.4, -0.2) is 64.6 Å². The summed E-state index contributed by atoms with van der Waals surface area (Å²) in [5.74, 6) is -1.05. The molecule has 10 heteroatoms. The van der Waals surface area contributed by atoms with E-state index in [2.05, 4.69) is 15.5 Å². The molecule has 0 aliphatic carbocycles. The van der Waals surface area contributed by atoms with E-state index in [0.29, 0.717) is 5.69 Å². The summed E-state index contributed by atoms with van der Waals surface area (Å²) in [6, 6.07) is 8.86. The van der Waals surface area contributed by atoms with Crippen LogP contribution in [0.3, 0.4) is 0 Å². The fourth-order valence-electron chi connectivity index (χ4n) is 3.43. The number of sulfone groups is 1. The normalized spacial score (nSPS) is 30.4. The highest BCUT2D eigenvalue weighted by Crippen LogP contribution is 2.39. The van der Waals surface area contributed by atoms with Crippen LogP contribution in [0.5, 0.6) is 0 Å². The molecule has 4 rings (SSSR count). The van der Waals surface area contributed by atoms with E-state index in [-0.39, 0.29) is 23.1 Å². The predicted octanol–water partition coefficient (Wildman–Crippen LogP) is 0.743. The summed E-state index contributed by atoms with van der Waals surface area (Å²) >= 11 is 0. The molecule has 2 aliphatic rings. The molecule has 140 valence electrons. The van der Waals surface area contributed by atoms with Gasteiger partial charge in [0.15, 0.2) is 5.79 Å². The zero-order valence-corrected chi connectivity index (χ0v) is 15.5. The molecular formula is C16H20N4O5S. The molecule has 1 aromatic carbocycles. The fraction of sp³-hybridized carbons (Fsp3) is 0.562. The number of ether oxygens (including phenoxy) is 3. The maximum atomic E-state index is 13.0. The number of hydrogen-bond donors (Lipinski definition) is 0. The summed E-state index contributed by atoms with van der Waals surface area (Å²) < 4.78 is 44.6. The van der Waals surface area contributed by atoms with Crippen LogP contribution >= 0.6 is 0 Å². The number of hydrogen-bond acceptors (Lipinski definition) is 8. The number of rotatable bonds is 4. The molecule has 0 unspecified atom stereocenters. The Morgan fingerprint density at radius 3 is 2.58 bits per heavy atom. The lowest BCUT2D eigenvalue weighted by molar-refractivity contribution is -0.182. The van der Waals surface area contributed by atoms with E-state index in [1.54, 1.807) is 38.1 Å². The van der Waals surface area contributed by atoms with Gasteiger partial charge in [0.2, 0.25) is 9.84 Å². The lowest BCUT2D eigenvalue weighted by Crippen LogP contribution is -2.35. The van der Waals surface area contributed by atoms with Gasteiger partial charge in [-0.05, 0) is 43.3 Å². The molecule has 0 saturated carbocycles.